The Bertz CT molecular complexity index is 1230. The second-order valence-electron chi connectivity index (χ2n) is 8.79. The minimum atomic E-state index is 0.392. The molecule has 5 rings (SSSR count). The monoisotopic (exact) mass is 460 g/mol. The van der Waals surface area contributed by atoms with E-state index in [1.54, 1.807) is 6.20 Å². The first-order valence-electron chi connectivity index (χ1n) is 11.4. The fourth-order valence-corrected chi connectivity index (χ4v) is 4.81. The topological polar surface area (TPSA) is 51.3 Å². The molecule has 170 valence electrons. The van der Waals surface area contributed by atoms with Gasteiger partial charge in [0.15, 0.2) is 5.65 Å². The molecular formula is C26H29ClN6. The molecule has 2 aromatic carbocycles. The number of benzene rings is 2. The van der Waals surface area contributed by atoms with E-state index in [9.17, 15) is 0 Å². The summed E-state index contributed by atoms with van der Waals surface area (Å²) in [6, 6.07) is 19.4. The van der Waals surface area contributed by atoms with Gasteiger partial charge in [0, 0.05) is 57.6 Å². The molecule has 0 radical (unpaired) electrons. The van der Waals surface area contributed by atoms with Crippen molar-refractivity contribution in [1.29, 1.82) is 0 Å². The Hall–Kier alpha value is -3.09. The van der Waals surface area contributed by atoms with Crippen LogP contribution in [0.15, 0.2) is 60.8 Å². The number of nitrogens with zero attached hydrogens (tertiary/aromatic N) is 5. The standard InChI is InChI=1S/C26H29ClN6/c1-18(19-7-5-4-6-8-19)32-13-15-33(16-14-32)24-22(27)17-28-26-23(24)29-25(30-26)20-9-11-21(12-10-20)31(2)3/h4-12,17-18H,13-16H2,1-3H3,(H,28,29,30). The number of hydrogen-bond acceptors (Lipinski definition) is 5. The second-order valence-corrected chi connectivity index (χ2v) is 9.20. The van der Waals surface area contributed by atoms with Crippen molar-refractivity contribution in [1.82, 2.24) is 19.9 Å². The van der Waals surface area contributed by atoms with Gasteiger partial charge in [-0.3, -0.25) is 4.90 Å². The summed E-state index contributed by atoms with van der Waals surface area (Å²) in [6.07, 6.45) is 1.73. The molecule has 6 nitrogen and oxygen atoms in total. The summed E-state index contributed by atoms with van der Waals surface area (Å²) >= 11 is 6.67. The van der Waals surface area contributed by atoms with Crippen molar-refractivity contribution in [2.75, 3.05) is 50.1 Å². The van der Waals surface area contributed by atoms with Crippen molar-refractivity contribution in [2.45, 2.75) is 13.0 Å². The Morgan fingerprint density at radius 3 is 2.33 bits per heavy atom. The van der Waals surface area contributed by atoms with Crippen LogP contribution in [0.5, 0.6) is 0 Å². The van der Waals surface area contributed by atoms with Gasteiger partial charge in [0.2, 0.25) is 0 Å². The van der Waals surface area contributed by atoms with Crippen LogP contribution in [-0.2, 0) is 0 Å². The molecule has 4 aromatic rings. The Morgan fingerprint density at radius 1 is 0.970 bits per heavy atom. The van der Waals surface area contributed by atoms with E-state index in [0.717, 1.165) is 60.1 Å². The van der Waals surface area contributed by atoms with Crippen LogP contribution in [0.25, 0.3) is 22.6 Å². The highest BCUT2D eigenvalue weighted by Crippen LogP contribution is 2.35. The first-order chi connectivity index (χ1) is 16.0. The number of imidazole rings is 1. The molecule has 7 heteroatoms. The SMILES string of the molecule is CC(c1ccccc1)N1CCN(c2c(Cl)cnc3[nH]c(-c4ccc(N(C)C)cc4)nc23)CC1. The maximum Gasteiger partial charge on any atom is 0.159 e. The van der Waals surface area contributed by atoms with Gasteiger partial charge in [0.05, 0.1) is 16.9 Å². The molecule has 33 heavy (non-hydrogen) atoms. The normalized spacial score (nSPS) is 15.7. The van der Waals surface area contributed by atoms with E-state index in [1.165, 1.54) is 5.56 Å². The van der Waals surface area contributed by atoms with Crippen molar-refractivity contribution in [3.05, 3.63) is 71.4 Å². The van der Waals surface area contributed by atoms with Crippen molar-refractivity contribution in [2.24, 2.45) is 0 Å². The van der Waals surface area contributed by atoms with Gasteiger partial charge in [-0.15, -0.1) is 0 Å². The van der Waals surface area contributed by atoms with Gasteiger partial charge in [-0.05, 0) is 36.8 Å². The lowest BCUT2D eigenvalue weighted by Crippen LogP contribution is -2.47. The molecule has 1 aliphatic rings. The lowest BCUT2D eigenvalue weighted by atomic mass is 10.1. The van der Waals surface area contributed by atoms with Gasteiger partial charge in [-0.25, -0.2) is 9.97 Å². The van der Waals surface area contributed by atoms with Crippen molar-refractivity contribution in [3.63, 3.8) is 0 Å². The van der Waals surface area contributed by atoms with Crippen LogP contribution < -0.4 is 9.80 Å². The van der Waals surface area contributed by atoms with Gasteiger partial charge in [-0.2, -0.15) is 0 Å². The summed E-state index contributed by atoms with van der Waals surface area (Å²) < 4.78 is 0. The molecule has 0 amide bonds. The summed E-state index contributed by atoms with van der Waals surface area (Å²) in [5, 5.41) is 0.646. The molecule has 1 unspecified atom stereocenters. The van der Waals surface area contributed by atoms with Gasteiger partial charge in [0.25, 0.3) is 0 Å². The number of H-pyrrole nitrogens is 1. The molecule has 0 aliphatic carbocycles. The number of nitrogens with one attached hydrogen (secondary N) is 1. The van der Waals surface area contributed by atoms with Crippen LogP contribution in [-0.4, -0.2) is 60.1 Å². The van der Waals surface area contributed by atoms with Gasteiger partial charge < -0.3 is 14.8 Å². The molecule has 1 aliphatic heterocycles. The zero-order chi connectivity index (χ0) is 22.9. The highest BCUT2D eigenvalue weighted by Gasteiger charge is 2.26. The summed E-state index contributed by atoms with van der Waals surface area (Å²) in [7, 11) is 4.07. The van der Waals surface area contributed by atoms with Gasteiger partial charge >= 0.3 is 0 Å². The summed E-state index contributed by atoms with van der Waals surface area (Å²) in [4.78, 5) is 19.8. The Kier molecular flexibility index (Phi) is 5.96. The van der Waals surface area contributed by atoms with Crippen molar-refractivity contribution < 1.29 is 0 Å². The van der Waals surface area contributed by atoms with E-state index >= 15 is 0 Å². The van der Waals surface area contributed by atoms with Crippen LogP contribution >= 0.6 is 11.6 Å². The Labute approximate surface area is 199 Å². The molecular weight excluding hydrogens is 432 g/mol. The third-order valence-corrected chi connectivity index (χ3v) is 6.84. The number of pyridine rings is 1. The van der Waals surface area contributed by atoms with Crippen molar-refractivity contribution in [3.8, 4) is 11.4 Å². The molecule has 1 atom stereocenters. The van der Waals surface area contributed by atoms with E-state index in [2.05, 4.69) is 86.2 Å². The van der Waals surface area contributed by atoms with E-state index in [4.69, 9.17) is 16.6 Å². The number of rotatable bonds is 5. The molecule has 0 saturated carbocycles. The number of anilines is 2. The molecule has 3 heterocycles. The number of fused-ring (bicyclic) bond motifs is 1. The number of halogens is 1. The van der Waals surface area contributed by atoms with Crippen LogP contribution in [0.4, 0.5) is 11.4 Å². The molecule has 1 saturated heterocycles. The summed E-state index contributed by atoms with van der Waals surface area (Å²) in [6.45, 7) is 6.02. The third kappa shape index (κ3) is 4.28. The zero-order valence-electron chi connectivity index (χ0n) is 19.3. The smallest absolute Gasteiger partial charge is 0.159 e. The number of aromatic nitrogens is 3. The van der Waals surface area contributed by atoms with E-state index in [0.29, 0.717) is 11.1 Å². The predicted molar refractivity (Wildman–Crippen MR) is 137 cm³/mol. The third-order valence-electron chi connectivity index (χ3n) is 6.56. The molecule has 1 fully saturated rings. The average Bonchev–Trinajstić information content (AvgIpc) is 3.28. The zero-order valence-corrected chi connectivity index (χ0v) is 20.0. The van der Waals surface area contributed by atoms with E-state index in [1.807, 2.05) is 14.1 Å². The lowest BCUT2D eigenvalue weighted by molar-refractivity contribution is 0.198. The fraction of sp³-hybridized carbons (Fsp3) is 0.308. The van der Waals surface area contributed by atoms with Crippen LogP contribution in [0.2, 0.25) is 5.02 Å². The maximum absolute atomic E-state index is 6.67. The highest BCUT2D eigenvalue weighted by molar-refractivity contribution is 6.34. The minimum absolute atomic E-state index is 0.392. The molecule has 0 spiro atoms. The van der Waals surface area contributed by atoms with Crippen LogP contribution in [0.3, 0.4) is 0 Å². The first kappa shape index (κ1) is 21.7. The average molecular weight is 461 g/mol. The quantitative estimate of drug-likeness (QED) is 0.442. The fourth-order valence-electron chi connectivity index (χ4n) is 4.55. The van der Waals surface area contributed by atoms with Crippen LogP contribution in [0, 0.1) is 0 Å². The minimum Gasteiger partial charge on any atom is -0.378 e. The van der Waals surface area contributed by atoms with Crippen LogP contribution in [0.1, 0.15) is 18.5 Å². The highest BCUT2D eigenvalue weighted by atomic mass is 35.5. The van der Waals surface area contributed by atoms with E-state index < -0.39 is 0 Å². The predicted octanol–water partition coefficient (Wildman–Crippen LogP) is 5.23. The molecule has 0 bridgehead atoms. The van der Waals surface area contributed by atoms with Gasteiger partial charge in [0.1, 0.15) is 11.3 Å². The first-order valence-corrected chi connectivity index (χ1v) is 11.7. The number of piperazine rings is 1. The largest absolute Gasteiger partial charge is 0.378 e. The Balaban J connectivity index is 1.39. The van der Waals surface area contributed by atoms with Gasteiger partial charge in [-0.1, -0.05) is 41.9 Å². The lowest BCUT2D eigenvalue weighted by Gasteiger charge is -2.39. The second kappa shape index (κ2) is 9.04. The maximum atomic E-state index is 6.67. The molecule has 1 N–H and O–H groups in total. The van der Waals surface area contributed by atoms with Crippen molar-refractivity contribution >= 4 is 34.1 Å². The summed E-state index contributed by atoms with van der Waals surface area (Å²) in [5.41, 5.74) is 6.11. The molecule has 2 aromatic heterocycles. The summed E-state index contributed by atoms with van der Waals surface area (Å²) in [5.74, 6) is 0.808. The number of aromatic amines is 1. The Morgan fingerprint density at radius 2 is 1.67 bits per heavy atom. The van der Waals surface area contributed by atoms with E-state index in [-0.39, 0.29) is 0 Å². The number of hydrogen-bond donors (Lipinski definition) is 1.